The number of hydrogen-bond acceptors (Lipinski definition) is 5. The van der Waals surface area contributed by atoms with Crippen molar-refractivity contribution in [2.45, 2.75) is 0 Å². The van der Waals surface area contributed by atoms with E-state index in [1.54, 1.807) is 0 Å². The Morgan fingerprint density at radius 1 is 1.16 bits per heavy atom. The van der Waals surface area contributed by atoms with Crippen LogP contribution in [0.2, 0.25) is 0 Å². The Labute approximate surface area is 107 Å². The summed E-state index contributed by atoms with van der Waals surface area (Å²) in [5.74, 6) is -2.17. The maximum Gasteiger partial charge on any atom is 0.300 e. The molecule has 0 saturated carbocycles. The van der Waals surface area contributed by atoms with Gasteiger partial charge in [0.15, 0.2) is 4.91 Å². The summed E-state index contributed by atoms with van der Waals surface area (Å²) in [4.78, 5) is 33.6. The minimum absolute atomic E-state index is 0.0748. The van der Waals surface area contributed by atoms with Gasteiger partial charge in [0, 0.05) is 6.08 Å². The van der Waals surface area contributed by atoms with Gasteiger partial charge in [0.1, 0.15) is 0 Å². The van der Waals surface area contributed by atoms with Crippen LogP contribution in [0.1, 0.15) is 5.56 Å². The molecule has 0 aliphatic carbocycles. The Balaban J connectivity index is 2.54. The topological polar surface area (TPSA) is 109 Å². The van der Waals surface area contributed by atoms with E-state index in [1.165, 1.54) is 30.6 Å². The molecule has 1 aliphatic rings. The average molecular weight is 280 g/mol. The molecule has 1 heterocycles. The van der Waals surface area contributed by atoms with Gasteiger partial charge in [0.2, 0.25) is 6.29 Å². The van der Waals surface area contributed by atoms with Gasteiger partial charge in [0.25, 0.3) is 21.9 Å². The third-order valence-electron chi connectivity index (χ3n) is 2.42. The maximum absolute atomic E-state index is 11.8. The van der Waals surface area contributed by atoms with E-state index < -0.39 is 26.8 Å². The molecule has 1 aliphatic heterocycles. The summed E-state index contributed by atoms with van der Waals surface area (Å²) in [6.45, 7) is 0. The fraction of sp³-hybridized carbons (Fsp3) is 0. The number of carbonyl (C=O) groups excluding carboxylic acids is 3. The predicted octanol–water partition coefficient (Wildman–Crippen LogP) is -0.211. The van der Waals surface area contributed by atoms with E-state index in [0.29, 0.717) is 11.0 Å². The number of hydrogen-bond donors (Lipinski definition) is 1. The van der Waals surface area contributed by atoms with Crippen molar-refractivity contribution in [1.29, 1.82) is 0 Å². The van der Waals surface area contributed by atoms with Crippen LogP contribution in [-0.4, -0.2) is 31.1 Å². The number of anilines is 1. The van der Waals surface area contributed by atoms with E-state index in [-0.39, 0.29) is 11.3 Å². The van der Waals surface area contributed by atoms with E-state index in [4.69, 9.17) is 4.55 Å². The smallest absolute Gasteiger partial charge is 0.285 e. The van der Waals surface area contributed by atoms with Crippen molar-refractivity contribution < 1.29 is 27.4 Å². The van der Waals surface area contributed by atoms with E-state index in [0.717, 1.165) is 0 Å². The van der Waals surface area contributed by atoms with Crippen LogP contribution in [0.3, 0.4) is 0 Å². The Hall–Kier alpha value is -2.32. The van der Waals surface area contributed by atoms with Crippen LogP contribution < -0.4 is 4.90 Å². The third-order valence-corrected chi connectivity index (χ3v) is 3.27. The summed E-state index contributed by atoms with van der Waals surface area (Å²) in [6.07, 6.45) is 2.04. The van der Waals surface area contributed by atoms with Crippen LogP contribution in [0, 0.1) is 0 Å². The minimum Gasteiger partial charge on any atom is -0.285 e. The molecular formula is C11H6NO6S. The fourth-order valence-electron chi connectivity index (χ4n) is 1.62. The van der Waals surface area contributed by atoms with Gasteiger partial charge in [-0.3, -0.25) is 18.9 Å². The number of para-hydroxylation sites is 1. The van der Waals surface area contributed by atoms with Gasteiger partial charge in [-0.1, -0.05) is 12.1 Å². The summed E-state index contributed by atoms with van der Waals surface area (Å²) in [5.41, 5.74) is -0.170. The number of nitrogens with zero attached hydrogens (tertiary/aromatic N) is 1. The molecule has 1 radical (unpaired) electrons. The molecule has 19 heavy (non-hydrogen) atoms. The van der Waals surface area contributed by atoms with Crippen LogP contribution in [0.4, 0.5) is 5.69 Å². The summed E-state index contributed by atoms with van der Waals surface area (Å²) >= 11 is 0. The van der Waals surface area contributed by atoms with E-state index in [9.17, 15) is 22.8 Å². The zero-order valence-electron chi connectivity index (χ0n) is 9.23. The van der Waals surface area contributed by atoms with Gasteiger partial charge in [-0.05, 0) is 12.1 Å². The molecule has 2 rings (SSSR count). The summed E-state index contributed by atoms with van der Waals surface area (Å²) < 4.78 is 30.7. The average Bonchev–Trinajstić information content (AvgIpc) is 2.64. The van der Waals surface area contributed by atoms with Crippen LogP contribution in [-0.2, 0) is 24.5 Å². The molecule has 0 spiro atoms. The second-order valence-corrected chi connectivity index (χ2v) is 4.97. The first-order chi connectivity index (χ1) is 8.86. The van der Waals surface area contributed by atoms with E-state index in [1.807, 2.05) is 0 Å². The molecule has 97 valence electrons. The van der Waals surface area contributed by atoms with Gasteiger partial charge < -0.3 is 0 Å². The van der Waals surface area contributed by atoms with Crippen LogP contribution in [0.5, 0.6) is 0 Å². The van der Waals surface area contributed by atoms with Crippen molar-refractivity contribution in [2.75, 3.05) is 4.90 Å². The molecule has 1 aromatic carbocycles. The van der Waals surface area contributed by atoms with Crippen LogP contribution >= 0.6 is 0 Å². The number of rotatable bonds is 3. The molecule has 1 N–H and O–H groups in total. The van der Waals surface area contributed by atoms with Crippen LogP contribution in [0.15, 0.2) is 35.2 Å². The first-order valence-electron chi connectivity index (χ1n) is 4.91. The number of imide groups is 1. The van der Waals surface area contributed by atoms with Gasteiger partial charge >= 0.3 is 0 Å². The lowest BCUT2D eigenvalue weighted by Crippen LogP contribution is -2.32. The molecule has 0 saturated heterocycles. The number of benzene rings is 1. The number of amides is 2. The Morgan fingerprint density at radius 2 is 1.79 bits per heavy atom. The molecule has 1 aromatic rings. The summed E-state index contributed by atoms with van der Waals surface area (Å²) in [5, 5.41) is 0. The highest BCUT2D eigenvalue weighted by Crippen LogP contribution is 2.26. The predicted molar refractivity (Wildman–Crippen MR) is 63.4 cm³/mol. The van der Waals surface area contributed by atoms with Gasteiger partial charge in [-0.15, -0.1) is 0 Å². The lowest BCUT2D eigenvalue weighted by Gasteiger charge is -2.15. The lowest BCUT2D eigenvalue weighted by molar-refractivity contribution is -0.120. The Bertz CT molecular complexity index is 718. The quantitative estimate of drug-likeness (QED) is 0.606. The van der Waals surface area contributed by atoms with Crippen molar-refractivity contribution in [3.63, 3.8) is 0 Å². The highest BCUT2D eigenvalue weighted by Gasteiger charge is 2.39. The Kier molecular flexibility index (Phi) is 3.05. The fourth-order valence-corrected chi connectivity index (χ4v) is 2.18. The first kappa shape index (κ1) is 13.1. The van der Waals surface area contributed by atoms with Gasteiger partial charge in [0.05, 0.1) is 11.3 Å². The molecule has 0 bridgehead atoms. The Morgan fingerprint density at radius 3 is 2.32 bits per heavy atom. The minimum atomic E-state index is -4.79. The highest BCUT2D eigenvalue weighted by atomic mass is 32.2. The monoisotopic (exact) mass is 280 g/mol. The van der Waals surface area contributed by atoms with E-state index >= 15 is 0 Å². The van der Waals surface area contributed by atoms with E-state index in [2.05, 4.69) is 0 Å². The van der Waals surface area contributed by atoms with Gasteiger partial charge in [-0.25, -0.2) is 4.90 Å². The molecule has 8 heteroatoms. The van der Waals surface area contributed by atoms with Crippen LogP contribution in [0.25, 0.3) is 0 Å². The maximum atomic E-state index is 11.8. The third kappa shape index (κ3) is 2.18. The summed E-state index contributed by atoms with van der Waals surface area (Å²) in [6, 6.07) is 5.55. The summed E-state index contributed by atoms with van der Waals surface area (Å²) in [7, 11) is -4.79. The van der Waals surface area contributed by atoms with Crippen molar-refractivity contribution in [1.82, 2.24) is 0 Å². The van der Waals surface area contributed by atoms with Crippen molar-refractivity contribution in [3.05, 3.63) is 40.8 Å². The van der Waals surface area contributed by atoms with Crippen molar-refractivity contribution in [3.8, 4) is 0 Å². The van der Waals surface area contributed by atoms with Crippen molar-refractivity contribution in [2.24, 2.45) is 0 Å². The molecule has 2 amide bonds. The lowest BCUT2D eigenvalue weighted by atomic mass is 10.2. The standard InChI is InChI=1S/C11H6NO6S/c13-6-7-3-1-2-4-8(7)12-10(14)5-9(11(12)15)19(16,17)18/h1-5H,(H,16,17,18). The molecule has 7 nitrogen and oxygen atoms in total. The first-order valence-corrected chi connectivity index (χ1v) is 6.35. The zero-order valence-corrected chi connectivity index (χ0v) is 10.0. The molecule has 0 unspecified atom stereocenters. The second-order valence-electron chi connectivity index (χ2n) is 3.58. The molecule has 0 atom stereocenters. The normalized spacial score (nSPS) is 15.6. The molecule has 0 fully saturated rings. The van der Waals surface area contributed by atoms with Gasteiger partial charge in [-0.2, -0.15) is 8.42 Å². The SMILES string of the molecule is O=[C]c1ccccc1N1C(=O)C=C(S(=O)(=O)O)C1=O. The van der Waals surface area contributed by atoms with Crippen molar-refractivity contribution >= 4 is 33.9 Å². The zero-order chi connectivity index (χ0) is 14.2. The second kappa shape index (κ2) is 4.41. The number of carbonyl (C=O) groups is 2. The highest BCUT2D eigenvalue weighted by molar-refractivity contribution is 7.91. The largest absolute Gasteiger partial charge is 0.300 e. The molecule has 0 aromatic heterocycles. The molecular weight excluding hydrogens is 274 g/mol.